The van der Waals surface area contributed by atoms with E-state index in [1.54, 1.807) is 30.3 Å². The van der Waals surface area contributed by atoms with Crippen molar-refractivity contribution >= 4 is 15.9 Å². The second-order valence-electron chi connectivity index (χ2n) is 6.69. The molecule has 0 unspecified atom stereocenters. The van der Waals surface area contributed by atoms with Gasteiger partial charge in [-0.3, -0.25) is 9.69 Å². The molecule has 144 valence electrons. The number of carbonyl (C=O) groups excluding carboxylic acids is 1. The summed E-state index contributed by atoms with van der Waals surface area (Å²) in [6.07, 6.45) is 0. The summed E-state index contributed by atoms with van der Waals surface area (Å²) in [5.41, 5.74) is 1.06. The summed E-state index contributed by atoms with van der Waals surface area (Å²) in [4.78, 5) is 14.6. The first kappa shape index (κ1) is 19.5. The van der Waals surface area contributed by atoms with Gasteiger partial charge in [-0.15, -0.1) is 0 Å². The second kappa shape index (κ2) is 8.65. The molecule has 1 saturated heterocycles. The van der Waals surface area contributed by atoms with Crippen molar-refractivity contribution in [3.05, 3.63) is 66.2 Å². The van der Waals surface area contributed by atoms with Gasteiger partial charge in [0.25, 0.3) is 0 Å². The van der Waals surface area contributed by atoms with Crippen LogP contribution in [0.4, 0.5) is 0 Å². The first-order valence-electron chi connectivity index (χ1n) is 9.08. The van der Waals surface area contributed by atoms with E-state index in [4.69, 9.17) is 0 Å². The zero-order valence-corrected chi connectivity index (χ0v) is 16.2. The minimum absolute atomic E-state index is 0.0503. The number of amides is 1. The average molecular weight is 388 g/mol. The van der Waals surface area contributed by atoms with Crippen LogP contribution in [-0.2, 0) is 14.8 Å². The van der Waals surface area contributed by atoms with Crippen LogP contribution in [-0.4, -0.2) is 56.3 Å². The fraction of sp³-hybridized carbons (Fsp3) is 0.350. The number of benzene rings is 2. The van der Waals surface area contributed by atoms with Gasteiger partial charge in [-0.2, -0.15) is 4.31 Å². The Labute approximate surface area is 160 Å². The Kier molecular flexibility index (Phi) is 6.26. The van der Waals surface area contributed by atoms with E-state index in [0.717, 1.165) is 5.56 Å². The number of nitrogens with zero attached hydrogens (tertiary/aromatic N) is 2. The van der Waals surface area contributed by atoms with Crippen molar-refractivity contribution in [2.45, 2.75) is 17.9 Å². The fourth-order valence-electron chi connectivity index (χ4n) is 3.18. The molecule has 0 bridgehead atoms. The predicted molar refractivity (Wildman–Crippen MR) is 105 cm³/mol. The van der Waals surface area contributed by atoms with Crippen LogP contribution in [0.25, 0.3) is 0 Å². The molecule has 1 aliphatic rings. The van der Waals surface area contributed by atoms with Crippen LogP contribution in [0.2, 0.25) is 0 Å². The molecule has 1 amide bonds. The predicted octanol–water partition coefficient (Wildman–Crippen LogP) is 1.87. The molecule has 3 rings (SSSR count). The van der Waals surface area contributed by atoms with Gasteiger partial charge in [0.15, 0.2) is 0 Å². The first-order valence-corrected chi connectivity index (χ1v) is 10.5. The van der Waals surface area contributed by atoms with Crippen molar-refractivity contribution in [1.82, 2.24) is 14.5 Å². The Balaban J connectivity index is 1.50. The molecular formula is C20H25N3O3S. The molecule has 1 fully saturated rings. The van der Waals surface area contributed by atoms with Gasteiger partial charge in [0.1, 0.15) is 0 Å². The lowest BCUT2D eigenvalue weighted by Gasteiger charge is -2.33. The van der Waals surface area contributed by atoms with Crippen molar-refractivity contribution in [2.24, 2.45) is 0 Å². The van der Waals surface area contributed by atoms with Crippen molar-refractivity contribution in [2.75, 3.05) is 32.7 Å². The van der Waals surface area contributed by atoms with E-state index in [0.29, 0.717) is 31.1 Å². The number of hydrogen-bond acceptors (Lipinski definition) is 4. The molecule has 1 aliphatic heterocycles. The summed E-state index contributed by atoms with van der Waals surface area (Å²) in [5, 5.41) is 3.00. The molecular weight excluding hydrogens is 362 g/mol. The minimum Gasteiger partial charge on any atom is -0.348 e. The van der Waals surface area contributed by atoms with Gasteiger partial charge in [0.2, 0.25) is 15.9 Å². The molecule has 2 aromatic rings. The van der Waals surface area contributed by atoms with Gasteiger partial charge >= 0.3 is 0 Å². The molecule has 1 N–H and O–H groups in total. The molecule has 7 heteroatoms. The van der Waals surface area contributed by atoms with E-state index in [2.05, 4.69) is 5.32 Å². The molecule has 0 aliphatic carbocycles. The second-order valence-corrected chi connectivity index (χ2v) is 8.63. The van der Waals surface area contributed by atoms with Crippen molar-refractivity contribution in [3.63, 3.8) is 0 Å². The summed E-state index contributed by atoms with van der Waals surface area (Å²) in [6.45, 7) is 4.09. The lowest BCUT2D eigenvalue weighted by atomic mass is 10.1. The van der Waals surface area contributed by atoms with Gasteiger partial charge in [0.05, 0.1) is 17.5 Å². The Morgan fingerprint density at radius 1 is 0.963 bits per heavy atom. The van der Waals surface area contributed by atoms with Crippen LogP contribution in [0.5, 0.6) is 0 Å². The van der Waals surface area contributed by atoms with Gasteiger partial charge in [-0.05, 0) is 24.6 Å². The number of hydrogen-bond donors (Lipinski definition) is 1. The van der Waals surface area contributed by atoms with Crippen LogP contribution in [0, 0.1) is 0 Å². The van der Waals surface area contributed by atoms with Crippen LogP contribution in [0.3, 0.4) is 0 Å². The van der Waals surface area contributed by atoms with Crippen molar-refractivity contribution in [3.8, 4) is 0 Å². The Morgan fingerprint density at radius 2 is 1.52 bits per heavy atom. The molecule has 2 aromatic carbocycles. The average Bonchev–Trinajstić information content (AvgIpc) is 2.69. The molecule has 27 heavy (non-hydrogen) atoms. The number of sulfonamides is 1. The molecule has 0 aromatic heterocycles. The SMILES string of the molecule is C[C@H](NC(=O)CN1CCN(S(=O)(=O)c2ccccc2)CC1)c1ccccc1. The van der Waals surface area contributed by atoms with Gasteiger partial charge in [-0.25, -0.2) is 8.42 Å². The van der Waals surface area contributed by atoms with E-state index in [-0.39, 0.29) is 18.5 Å². The maximum atomic E-state index is 12.6. The van der Waals surface area contributed by atoms with E-state index in [1.165, 1.54) is 4.31 Å². The first-order chi connectivity index (χ1) is 13.0. The topological polar surface area (TPSA) is 69.7 Å². The highest BCUT2D eigenvalue weighted by Gasteiger charge is 2.29. The summed E-state index contributed by atoms with van der Waals surface area (Å²) in [5.74, 6) is -0.0503. The Morgan fingerprint density at radius 3 is 2.11 bits per heavy atom. The standard InChI is InChI=1S/C20H25N3O3S/c1-17(18-8-4-2-5-9-18)21-20(24)16-22-12-14-23(15-13-22)27(25,26)19-10-6-3-7-11-19/h2-11,17H,12-16H2,1H3,(H,21,24)/t17-/m0/s1. The van der Waals surface area contributed by atoms with Crippen molar-refractivity contribution in [1.29, 1.82) is 0 Å². The van der Waals surface area contributed by atoms with E-state index in [9.17, 15) is 13.2 Å². The minimum atomic E-state index is -3.46. The van der Waals surface area contributed by atoms with E-state index >= 15 is 0 Å². The zero-order valence-electron chi connectivity index (χ0n) is 15.4. The van der Waals surface area contributed by atoms with Gasteiger partial charge in [0, 0.05) is 26.2 Å². The quantitative estimate of drug-likeness (QED) is 0.822. The normalized spacial score (nSPS) is 17.4. The maximum absolute atomic E-state index is 12.6. The molecule has 0 saturated carbocycles. The molecule has 6 nitrogen and oxygen atoms in total. The fourth-order valence-corrected chi connectivity index (χ4v) is 4.63. The smallest absolute Gasteiger partial charge is 0.243 e. The molecule has 1 heterocycles. The lowest BCUT2D eigenvalue weighted by molar-refractivity contribution is -0.123. The lowest BCUT2D eigenvalue weighted by Crippen LogP contribution is -2.51. The monoisotopic (exact) mass is 387 g/mol. The van der Waals surface area contributed by atoms with Crippen LogP contribution in [0.15, 0.2) is 65.6 Å². The summed E-state index contributed by atoms with van der Waals surface area (Å²) in [7, 11) is -3.46. The summed E-state index contributed by atoms with van der Waals surface area (Å²) in [6, 6.07) is 18.2. The van der Waals surface area contributed by atoms with Crippen LogP contribution >= 0.6 is 0 Å². The Hall–Kier alpha value is -2.22. The van der Waals surface area contributed by atoms with Gasteiger partial charge in [-0.1, -0.05) is 48.5 Å². The number of rotatable bonds is 6. The Bertz CT molecular complexity index is 849. The van der Waals surface area contributed by atoms with Crippen LogP contribution in [0.1, 0.15) is 18.5 Å². The highest BCUT2D eigenvalue weighted by molar-refractivity contribution is 7.89. The van der Waals surface area contributed by atoms with E-state index in [1.807, 2.05) is 42.2 Å². The third-order valence-electron chi connectivity index (χ3n) is 4.76. The number of carbonyl (C=O) groups is 1. The summed E-state index contributed by atoms with van der Waals surface area (Å²) < 4.78 is 26.8. The van der Waals surface area contributed by atoms with Crippen LogP contribution < -0.4 is 5.32 Å². The maximum Gasteiger partial charge on any atom is 0.243 e. The molecule has 0 radical (unpaired) electrons. The zero-order chi connectivity index (χ0) is 19.3. The third-order valence-corrected chi connectivity index (χ3v) is 6.67. The number of piperazine rings is 1. The molecule has 1 atom stereocenters. The van der Waals surface area contributed by atoms with E-state index < -0.39 is 10.0 Å². The van der Waals surface area contributed by atoms with Crippen molar-refractivity contribution < 1.29 is 13.2 Å². The molecule has 0 spiro atoms. The highest BCUT2D eigenvalue weighted by atomic mass is 32.2. The van der Waals surface area contributed by atoms with Gasteiger partial charge < -0.3 is 5.32 Å². The largest absolute Gasteiger partial charge is 0.348 e. The number of nitrogens with one attached hydrogen (secondary N) is 1. The highest BCUT2D eigenvalue weighted by Crippen LogP contribution is 2.17. The summed E-state index contributed by atoms with van der Waals surface area (Å²) >= 11 is 0. The third kappa shape index (κ3) is 4.94.